The van der Waals surface area contributed by atoms with E-state index in [1.807, 2.05) is 0 Å². The van der Waals surface area contributed by atoms with Crippen LogP contribution in [0.1, 0.15) is 0 Å². The van der Waals surface area contributed by atoms with Gasteiger partial charge in [0.05, 0.1) is 34.2 Å². The topological polar surface area (TPSA) is 89.8 Å². The van der Waals surface area contributed by atoms with E-state index in [0.29, 0.717) is 5.75 Å². The number of hydrogen-bond acceptors (Lipinski definition) is 5. The van der Waals surface area contributed by atoms with Crippen molar-refractivity contribution in [2.75, 3.05) is 18.0 Å². The maximum atomic E-state index is 13.0. The van der Waals surface area contributed by atoms with Gasteiger partial charge in [0.15, 0.2) is 0 Å². The van der Waals surface area contributed by atoms with E-state index in [1.54, 1.807) is 0 Å². The Labute approximate surface area is 150 Å². The molecular weight excluding hydrogens is 368 g/mol. The lowest BCUT2D eigenvalue weighted by atomic mass is 10.3. The van der Waals surface area contributed by atoms with Gasteiger partial charge in [-0.1, -0.05) is 23.7 Å². The second kappa shape index (κ2) is 7.54. The SMILES string of the molecule is C=CCN(c1cccc([N+](=O)[O-])c1)S(=O)(=O)c1ccc(OC)c(Cl)c1. The molecule has 9 heteroatoms. The van der Waals surface area contributed by atoms with Crippen LogP contribution in [0.15, 0.2) is 60.0 Å². The predicted molar refractivity (Wildman–Crippen MR) is 95.8 cm³/mol. The fraction of sp³-hybridized carbons (Fsp3) is 0.125. The summed E-state index contributed by atoms with van der Waals surface area (Å²) in [5.74, 6) is 0.339. The molecule has 0 heterocycles. The monoisotopic (exact) mass is 382 g/mol. The molecule has 0 bridgehead atoms. The summed E-state index contributed by atoms with van der Waals surface area (Å²) in [7, 11) is -2.59. The molecule has 0 aromatic heterocycles. The van der Waals surface area contributed by atoms with E-state index >= 15 is 0 Å². The van der Waals surface area contributed by atoms with Gasteiger partial charge in [-0.05, 0) is 24.3 Å². The van der Waals surface area contributed by atoms with E-state index in [0.717, 1.165) is 4.31 Å². The van der Waals surface area contributed by atoms with Crippen LogP contribution < -0.4 is 9.04 Å². The van der Waals surface area contributed by atoms with Crippen LogP contribution in [-0.4, -0.2) is 27.0 Å². The molecule has 0 aliphatic heterocycles. The molecule has 0 radical (unpaired) electrons. The van der Waals surface area contributed by atoms with Crippen molar-refractivity contribution in [3.05, 3.63) is 70.3 Å². The van der Waals surface area contributed by atoms with Crippen molar-refractivity contribution in [3.63, 3.8) is 0 Å². The number of rotatable bonds is 7. The molecule has 132 valence electrons. The zero-order chi connectivity index (χ0) is 18.6. The molecule has 0 aliphatic rings. The number of non-ortho nitro benzene ring substituents is 1. The molecule has 0 aliphatic carbocycles. The highest BCUT2D eigenvalue weighted by Crippen LogP contribution is 2.31. The number of nitro groups is 1. The molecule has 0 unspecified atom stereocenters. The number of benzene rings is 2. The van der Waals surface area contributed by atoms with E-state index in [4.69, 9.17) is 16.3 Å². The smallest absolute Gasteiger partial charge is 0.271 e. The number of anilines is 1. The molecule has 0 atom stereocenters. The third kappa shape index (κ3) is 3.92. The van der Waals surface area contributed by atoms with Crippen molar-refractivity contribution in [1.29, 1.82) is 0 Å². The fourth-order valence-electron chi connectivity index (χ4n) is 2.16. The van der Waals surface area contributed by atoms with Crippen molar-refractivity contribution >= 4 is 33.0 Å². The normalized spacial score (nSPS) is 11.0. The first kappa shape index (κ1) is 18.8. The highest BCUT2D eigenvalue weighted by Gasteiger charge is 2.26. The first-order chi connectivity index (χ1) is 11.8. The Morgan fingerprint density at radius 3 is 2.60 bits per heavy atom. The van der Waals surface area contributed by atoms with Crippen LogP contribution in [0.5, 0.6) is 5.75 Å². The van der Waals surface area contributed by atoms with Gasteiger partial charge >= 0.3 is 0 Å². The minimum absolute atomic E-state index is 0.0624. The lowest BCUT2D eigenvalue weighted by Gasteiger charge is -2.23. The standard InChI is InChI=1S/C16H15ClN2O5S/c1-3-9-18(12-5-4-6-13(10-12)19(20)21)25(22,23)14-7-8-16(24-2)15(17)11-14/h3-8,10-11H,1,9H2,2H3. The summed E-state index contributed by atoms with van der Waals surface area (Å²) in [6, 6.07) is 9.42. The lowest BCUT2D eigenvalue weighted by molar-refractivity contribution is -0.384. The molecule has 2 rings (SSSR count). The van der Waals surface area contributed by atoms with E-state index in [9.17, 15) is 18.5 Å². The molecule has 0 saturated heterocycles. The predicted octanol–water partition coefficient (Wildman–Crippen LogP) is 3.64. The van der Waals surface area contributed by atoms with Gasteiger partial charge in [-0.3, -0.25) is 14.4 Å². The van der Waals surface area contributed by atoms with Crippen molar-refractivity contribution < 1.29 is 18.1 Å². The summed E-state index contributed by atoms with van der Waals surface area (Å²) >= 11 is 6.01. The third-order valence-electron chi connectivity index (χ3n) is 3.33. The zero-order valence-electron chi connectivity index (χ0n) is 13.3. The second-order valence-electron chi connectivity index (χ2n) is 4.90. The van der Waals surface area contributed by atoms with Crippen LogP contribution in [0.25, 0.3) is 0 Å². The number of hydrogen-bond donors (Lipinski definition) is 0. The molecule has 7 nitrogen and oxygen atoms in total. The van der Waals surface area contributed by atoms with Crippen LogP contribution in [0.2, 0.25) is 5.02 Å². The molecule has 0 fully saturated rings. The second-order valence-corrected chi connectivity index (χ2v) is 7.17. The summed E-state index contributed by atoms with van der Waals surface area (Å²) < 4.78 is 32.0. The van der Waals surface area contributed by atoms with Gasteiger partial charge < -0.3 is 4.74 Å². The van der Waals surface area contributed by atoms with Crippen LogP contribution in [0.3, 0.4) is 0 Å². The Morgan fingerprint density at radius 2 is 2.04 bits per heavy atom. The number of methoxy groups -OCH3 is 1. The van der Waals surface area contributed by atoms with E-state index in [2.05, 4.69) is 6.58 Å². The van der Waals surface area contributed by atoms with Crippen molar-refractivity contribution in [2.24, 2.45) is 0 Å². The fourth-order valence-corrected chi connectivity index (χ4v) is 3.93. The van der Waals surface area contributed by atoms with Crippen LogP contribution >= 0.6 is 11.6 Å². The van der Waals surface area contributed by atoms with E-state index in [-0.39, 0.29) is 27.8 Å². The largest absolute Gasteiger partial charge is 0.495 e. The van der Waals surface area contributed by atoms with Crippen molar-refractivity contribution in [1.82, 2.24) is 0 Å². The highest BCUT2D eigenvalue weighted by atomic mass is 35.5. The van der Waals surface area contributed by atoms with Gasteiger partial charge in [-0.15, -0.1) is 6.58 Å². The van der Waals surface area contributed by atoms with Crippen LogP contribution in [0.4, 0.5) is 11.4 Å². The first-order valence-corrected chi connectivity index (χ1v) is 8.84. The Kier molecular flexibility index (Phi) is 5.66. The van der Waals surface area contributed by atoms with E-state index in [1.165, 1.54) is 55.7 Å². The number of halogens is 1. The highest BCUT2D eigenvalue weighted by molar-refractivity contribution is 7.92. The van der Waals surface area contributed by atoms with Gasteiger partial charge in [0.25, 0.3) is 15.7 Å². The van der Waals surface area contributed by atoms with Gasteiger partial charge in [0.2, 0.25) is 0 Å². The van der Waals surface area contributed by atoms with Crippen molar-refractivity contribution in [3.8, 4) is 5.75 Å². The Balaban J connectivity index is 2.55. The molecule has 0 amide bonds. The number of nitro benzene ring substituents is 1. The molecular formula is C16H15ClN2O5S. The van der Waals surface area contributed by atoms with Crippen LogP contribution in [0, 0.1) is 10.1 Å². The summed E-state index contributed by atoms with van der Waals surface area (Å²) in [6.45, 7) is 3.49. The summed E-state index contributed by atoms with van der Waals surface area (Å²) in [5, 5.41) is 11.1. The molecule has 2 aromatic rings. The summed E-state index contributed by atoms with van der Waals surface area (Å²) in [4.78, 5) is 10.3. The molecule has 0 N–H and O–H groups in total. The van der Waals surface area contributed by atoms with Crippen LogP contribution in [-0.2, 0) is 10.0 Å². The van der Waals surface area contributed by atoms with Gasteiger partial charge in [0.1, 0.15) is 5.75 Å². The van der Waals surface area contributed by atoms with Gasteiger partial charge in [-0.2, -0.15) is 0 Å². The minimum Gasteiger partial charge on any atom is -0.495 e. The van der Waals surface area contributed by atoms with Gasteiger partial charge in [0, 0.05) is 12.1 Å². The Bertz CT molecular complexity index is 914. The quantitative estimate of drug-likeness (QED) is 0.414. The zero-order valence-corrected chi connectivity index (χ0v) is 14.8. The summed E-state index contributed by atoms with van der Waals surface area (Å²) in [5.41, 5.74) is -0.0597. The van der Waals surface area contributed by atoms with Crippen molar-refractivity contribution in [2.45, 2.75) is 4.90 Å². The first-order valence-electron chi connectivity index (χ1n) is 7.03. The number of ether oxygens (including phenoxy) is 1. The van der Waals surface area contributed by atoms with E-state index < -0.39 is 14.9 Å². The third-order valence-corrected chi connectivity index (χ3v) is 5.42. The Morgan fingerprint density at radius 1 is 1.32 bits per heavy atom. The maximum absolute atomic E-state index is 13.0. The number of sulfonamides is 1. The average molecular weight is 383 g/mol. The summed E-state index contributed by atoms with van der Waals surface area (Å²) in [6.07, 6.45) is 1.39. The lowest BCUT2D eigenvalue weighted by Crippen LogP contribution is -2.31. The molecule has 0 spiro atoms. The maximum Gasteiger partial charge on any atom is 0.271 e. The minimum atomic E-state index is -4.01. The molecule has 0 saturated carbocycles. The Hall–Kier alpha value is -2.58. The molecule has 2 aromatic carbocycles. The molecule has 25 heavy (non-hydrogen) atoms. The van der Waals surface area contributed by atoms with Gasteiger partial charge in [-0.25, -0.2) is 8.42 Å². The average Bonchev–Trinajstić information content (AvgIpc) is 2.59. The number of nitrogens with zero attached hydrogens (tertiary/aromatic N) is 2.